The Morgan fingerprint density at radius 2 is 1.33 bits per heavy atom. The zero-order valence-corrected chi connectivity index (χ0v) is 13.6. The largest absolute Gasteiger partial charge is 0.497 e. The minimum absolute atomic E-state index is 0.127. The third-order valence-electron chi connectivity index (χ3n) is 3.69. The summed E-state index contributed by atoms with van der Waals surface area (Å²) >= 11 is 0. The Hall–Kier alpha value is -3.08. The van der Waals surface area contributed by atoms with Gasteiger partial charge >= 0.3 is 0 Å². The highest BCUT2D eigenvalue weighted by Gasteiger charge is 2.16. The molecule has 1 aromatic heterocycles. The number of ether oxygens (including phenoxy) is 2. The van der Waals surface area contributed by atoms with Gasteiger partial charge in [0.25, 0.3) is 0 Å². The summed E-state index contributed by atoms with van der Waals surface area (Å²) < 4.78 is 10.7. The molecular formula is C19H19N3O2. The van der Waals surface area contributed by atoms with Gasteiger partial charge in [-0.2, -0.15) is 0 Å². The zero-order valence-electron chi connectivity index (χ0n) is 13.6. The predicted molar refractivity (Wildman–Crippen MR) is 93.5 cm³/mol. The van der Waals surface area contributed by atoms with Gasteiger partial charge in [0, 0.05) is 12.4 Å². The summed E-state index contributed by atoms with van der Waals surface area (Å²) in [6.45, 7) is 0. The molecule has 5 nitrogen and oxygen atoms in total. The summed E-state index contributed by atoms with van der Waals surface area (Å²) in [4.78, 5) is 8.54. The number of nitrogens with zero attached hydrogens (tertiary/aromatic N) is 2. The fraction of sp³-hybridized carbons (Fsp3) is 0.158. The van der Waals surface area contributed by atoms with Crippen molar-refractivity contribution in [2.45, 2.75) is 6.04 Å². The Bertz CT molecular complexity index is 746. The topological polar surface area (TPSA) is 56.3 Å². The molecule has 1 N–H and O–H groups in total. The van der Waals surface area contributed by atoms with Crippen LogP contribution in [0.2, 0.25) is 0 Å². The Labute approximate surface area is 141 Å². The van der Waals surface area contributed by atoms with Crippen LogP contribution in [0.5, 0.6) is 11.5 Å². The Balaban J connectivity index is 2.02. The highest BCUT2D eigenvalue weighted by Crippen LogP contribution is 2.29. The fourth-order valence-corrected chi connectivity index (χ4v) is 2.50. The lowest BCUT2D eigenvalue weighted by Gasteiger charge is -2.20. The van der Waals surface area contributed by atoms with Crippen LogP contribution < -0.4 is 14.8 Å². The smallest absolute Gasteiger partial charge is 0.223 e. The molecule has 1 heterocycles. The maximum Gasteiger partial charge on any atom is 0.223 e. The minimum atomic E-state index is -0.127. The molecule has 122 valence electrons. The molecule has 0 aliphatic rings. The number of hydrogen-bond acceptors (Lipinski definition) is 5. The normalized spacial score (nSPS) is 10.5. The van der Waals surface area contributed by atoms with Crippen molar-refractivity contribution in [3.8, 4) is 11.5 Å². The van der Waals surface area contributed by atoms with Crippen LogP contribution in [-0.4, -0.2) is 24.2 Å². The van der Waals surface area contributed by atoms with E-state index in [4.69, 9.17) is 9.47 Å². The number of aromatic nitrogens is 2. The molecule has 0 unspecified atom stereocenters. The van der Waals surface area contributed by atoms with Crippen LogP contribution in [0.15, 0.2) is 67.0 Å². The molecule has 0 saturated heterocycles. The van der Waals surface area contributed by atoms with Crippen LogP contribution >= 0.6 is 0 Å². The first kappa shape index (κ1) is 15.8. The number of benzene rings is 2. The van der Waals surface area contributed by atoms with E-state index >= 15 is 0 Å². The Kier molecular flexibility index (Phi) is 4.91. The molecule has 0 radical (unpaired) electrons. The van der Waals surface area contributed by atoms with Gasteiger partial charge in [0.1, 0.15) is 11.5 Å². The third-order valence-corrected chi connectivity index (χ3v) is 3.69. The summed E-state index contributed by atoms with van der Waals surface area (Å²) in [5.74, 6) is 2.17. The average molecular weight is 321 g/mol. The minimum Gasteiger partial charge on any atom is -0.497 e. The van der Waals surface area contributed by atoms with Gasteiger partial charge in [-0.15, -0.1) is 0 Å². The molecule has 0 fully saturated rings. The van der Waals surface area contributed by atoms with Crippen LogP contribution in [0.3, 0.4) is 0 Å². The summed E-state index contributed by atoms with van der Waals surface area (Å²) in [5, 5.41) is 3.38. The summed E-state index contributed by atoms with van der Waals surface area (Å²) in [7, 11) is 3.32. The van der Waals surface area contributed by atoms with E-state index in [-0.39, 0.29) is 6.04 Å². The lowest BCUT2D eigenvalue weighted by molar-refractivity contribution is 0.413. The second-order valence-corrected chi connectivity index (χ2v) is 5.20. The first-order valence-corrected chi connectivity index (χ1v) is 7.61. The van der Waals surface area contributed by atoms with Crippen molar-refractivity contribution in [3.05, 3.63) is 78.1 Å². The van der Waals surface area contributed by atoms with Gasteiger partial charge in [0.05, 0.1) is 20.3 Å². The van der Waals surface area contributed by atoms with Gasteiger partial charge in [-0.3, -0.25) is 0 Å². The van der Waals surface area contributed by atoms with E-state index in [1.54, 1.807) is 32.7 Å². The molecule has 0 aliphatic carbocycles. The van der Waals surface area contributed by atoms with E-state index in [2.05, 4.69) is 15.3 Å². The van der Waals surface area contributed by atoms with E-state index in [0.717, 1.165) is 22.6 Å². The second kappa shape index (κ2) is 7.46. The van der Waals surface area contributed by atoms with Crippen LogP contribution in [0.25, 0.3) is 0 Å². The van der Waals surface area contributed by atoms with Gasteiger partial charge in [-0.25, -0.2) is 9.97 Å². The van der Waals surface area contributed by atoms with Crippen molar-refractivity contribution in [2.75, 3.05) is 19.5 Å². The van der Waals surface area contributed by atoms with Gasteiger partial charge < -0.3 is 14.8 Å². The number of nitrogens with one attached hydrogen (secondary N) is 1. The number of anilines is 1. The molecule has 0 amide bonds. The lowest BCUT2D eigenvalue weighted by atomic mass is 9.98. The molecule has 0 saturated carbocycles. The fourth-order valence-electron chi connectivity index (χ4n) is 2.50. The molecule has 2 aromatic carbocycles. The Morgan fingerprint density at radius 1 is 0.792 bits per heavy atom. The maximum absolute atomic E-state index is 5.35. The lowest BCUT2D eigenvalue weighted by Crippen LogP contribution is -2.14. The molecule has 3 rings (SSSR count). The van der Waals surface area contributed by atoms with Gasteiger partial charge in [-0.05, 0) is 41.5 Å². The molecule has 5 heteroatoms. The number of rotatable bonds is 6. The van der Waals surface area contributed by atoms with Crippen molar-refractivity contribution in [2.24, 2.45) is 0 Å². The standard InChI is InChI=1S/C19H19N3O2/c1-23-16-8-3-6-14(12-16)18(22-19-20-10-5-11-21-19)15-7-4-9-17(13-15)24-2/h3-13,18H,1-2H3,(H,20,21,22). The predicted octanol–water partition coefficient (Wildman–Crippen LogP) is 3.70. The summed E-state index contributed by atoms with van der Waals surface area (Å²) in [5.41, 5.74) is 2.10. The van der Waals surface area contributed by atoms with Crippen LogP contribution in [0, 0.1) is 0 Å². The molecule has 0 aliphatic heterocycles. The molecule has 3 aromatic rings. The van der Waals surface area contributed by atoms with Crippen molar-refractivity contribution >= 4 is 5.95 Å². The number of hydrogen-bond donors (Lipinski definition) is 1. The van der Waals surface area contributed by atoms with Gasteiger partial charge in [0.15, 0.2) is 0 Å². The van der Waals surface area contributed by atoms with Crippen molar-refractivity contribution < 1.29 is 9.47 Å². The van der Waals surface area contributed by atoms with E-state index < -0.39 is 0 Å². The first-order valence-electron chi connectivity index (χ1n) is 7.61. The maximum atomic E-state index is 5.35. The number of methoxy groups -OCH3 is 2. The molecule has 0 atom stereocenters. The summed E-state index contributed by atoms with van der Waals surface area (Å²) in [6.07, 6.45) is 3.42. The SMILES string of the molecule is COc1cccc(C(Nc2ncccn2)c2cccc(OC)c2)c1. The van der Waals surface area contributed by atoms with Crippen LogP contribution in [0.4, 0.5) is 5.95 Å². The van der Waals surface area contributed by atoms with E-state index in [1.807, 2.05) is 48.5 Å². The third kappa shape index (κ3) is 3.63. The van der Waals surface area contributed by atoms with E-state index in [0.29, 0.717) is 5.95 Å². The molecular weight excluding hydrogens is 302 g/mol. The zero-order chi connectivity index (χ0) is 16.8. The molecule has 24 heavy (non-hydrogen) atoms. The van der Waals surface area contributed by atoms with E-state index in [1.165, 1.54) is 0 Å². The molecule has 0 spiro atoms. The monoisotopic (exact) mass is 321 g/mol. The quantitative estimate of drug-likeness (QED) is 0.750. The highest BCUT2D eigenvalue weighted by molar-refractivity contribution is 5.45. The molecule has 0 bridgehead atoms. The van der Waals surface area contributed by atoms with Crippen molar-refractivity contribution in [1.29, 1.82) is 0 Å². The average Bonchev–Trinajstić information content (AvgIpc) is 2.67. The van der Waals surface area contributed by atoms with Gasteiger partial charge in [0.2, 0.25) is 5.95 Å². The van der Waals surface area contributed by atoms with Crippen LogP contribution in [0.1, 0.15) is 17.2 Å². The van der Waals surface area contributed by atoms with Crippen molar-refractivity contribution in [3.63, 3.8) is 0 Å². The van der Waals surface area contributed by atoms with Gasteiger partial charge in [-0.1, -0.05) is 24.3 Å². The van der Waals surface area contributed by atoms with Crippen molar-refractivity contribution in [1.82, 2.24) is 9.97 Å². The van der Waals surface area contributed by atoms with E-state index in [9.17, 15) is 0 Å². The summed E-state index contributed by atoms with van der Waals surface area (Å²) in [6, 6.07) is 17.5. The first-order chi connectivity index (χ1) is 11.8. The van der Waals surface area contributed by atoms with Crippen LogP contribution in [-0.2, 0) is 0 Å². The Morgan fingerprint density at radius 3 is 1.83 bits per heavy atom. The second-order valence-electron chi connectivity index (χ2n) is 5.20. The highest BCUT2D eigenvalue weighted by atomic mass is 16.5.